The molecule has 4 nitrogen and oxygen atoms in total. The van der Waals surface area contributed by atoms with Crippen molar-refractivity contribution < 1.29 is 9.90 Å². The third-order valence-corrected chi connectivity index (χ3v) is 3.68. The summed E-state index contributed by atoms with van der Waals surface area (Å²) in [6.07, 6.45) is 5.11. The van der Waals surface area contributed by atoms with Crippen molar-refractivity contribution in [1.82, 2.24) is 4.98 Å². The highest BCUT2D eigenvalue weighted by atomic mass is 16.4. The third-order valence-electron chi connectivity index (χ3n) is 3.68. The van der Waals surface area contributed by atoms with Crippen LogP contribution in [0.3, 0.4) is 0 Å². The largest absolute Gasteiger partial charge is 0.477 e. The molecule has 1 heterocycles. The fraction of sp³-hybridized carbons (Fsp3) is 0.571. The first-order chi connectivity index (χ1) is 8.65. The molecule has 0 amide bonds. The van der Waals surface area contributed by atoms with Gasteiger partial charge in [0.2, 0.25) is 0 Å². The number of hydrogen-bond acceptors (Lipinski definition) is 3. The number of nitrogens with one attached hydrogen (secondary N) is 1. The highest BCUT2D eigenvalue weighted by molar-refractivity contribution is 5.85. The normalized spacial score (nSPS) is 23.6. The molecule has 1 fully saturated rings. The molecule has 0 aliphatic heterocycles. The molecule has 0 bridgehead atoms. The minimum atomic E-state index is -0.981. The molecular formula is C14H20N2O2. The number of aromatic nitrogens is 1. The second-order valence-electron chi connectivity index (χ2n) is 5.22. The maximum Gasteiger partial charge on any atom is 0.354 e. The Balaban J connectivity index is 1.86. The quantitative estimate of drug-likeness (QED) is 0.859. The summed E-state index contributed by atoms with van der Waals surface area (Å²) in [6, 6.07) is 5.05. The zero-order valence-corrected chi connectivity index (χ0v) is 10.7. The molecule has 18 heavy (non-hydrogen) atoms. The van der Waals surface area contributed by atoms with Crippen LogP contribution in [-0.2, 0) is 0 Å². The van der Waals surface area contributed by atoms with E-state index in [0.717, 1.165) is 12.5 Å². The van der Waals surface area contributed by atoms with Crippen LogP contribution in [0.4, 0.5) is 5.82 Å². The van der Waals surface area contributed by atoms with Crippen molar-refractivity contribution in [3.63, 3.8) is 0 Å². The van der Waals surface area contributed by atoms with E-state index in [9.17, 15) is 4.79 Å². The highest BCUT2D eigenvalue weighted by Gasteiger charge is 2.18. The van der Waals surface area contributed by atoms with E-state index >= 15 is 0 Å². The van der Waals surface area contributed by atoms with Crippen LogP contribution in [0.1, 0.15) is 43.1 Å². The van der Waals surface area contributed by atoms with Gasteiger partial charge in [-0.15, -0.1) is 0 Å². The molecule has 98 valence electrons. The van der Waals surface area contributed by atoms with Crippen molar-refractivity contribution in [1.29, 1.82) is 0 Å². The van der Waals surface area contributed by atoms with Gasteiger partial charge >= 0.3 is 5.97 Å². The van der Waals surface area contributed by atoms with Gasteiger partial charge in [-0.3, -0.25) is 0 Å². The lowest BCUT2D eigenvalue weighted by Gasteiger charge is -2.26. The summed E-state index contributed by atoms with van der Waals surface area (Å²) in [5.74, 6) is 1.23. The second kappa shape index (κ2) is 5.85. The SMILES string of the molecule is CC1CCC(CNc2cccc(C(=O)O)n2)CC1. The van der Waals surface area contributed by atoms with Gasteiger partial charge in [0.1, 0.15) is 5.82 Å². The first kappa shape index (κ1) is 12.9. The van der Waals surface area contributed by atoms with Crippen LogP contribution in [-0.4, -0.2) is 22.6 Å². The molecule has 4 heteroatoms. The number of pyridine rings is 1. The standard InChI is InChI=1S/C14H20N2O2/c1-10-5-7-11(8-6-10)9-15-13-4-2-3-12(16-13)14(17)18/h2-4,10-11H,5-9H2,1H3,(H,15,16)(H,17,18). The molecule has 1 saturated carbocycles. The van der Waals surface area contributed by atoms with E-state index in [1.54, 1.807) is 6.07 Å². The topological polar surface area (TPSA) is 62.2 Å². The van der Waals surface area contributed by atoms with Gasteiger partial charge in [-0.25, -0.2) is 9.78 Å². The molecular weight excluding hydrogens is 228 g/mol. The molecule has 0 spiro atoms. The van der Waals surface area contributed by atoms with Crippen LogP contribution in [0.15, 0.2) is 18.2 Å². The van der Waals surface area contributed by atoms with Crippen molar-refractivity contribution in [2.75, 3.05) is 11.9 Å². The van der Waals surface area contributed by atoms with Gasteiger partial charge in [-0.2, -0.15) is 0 Å². The first-order valence-corrected chi connectivity index (χ1v) is 6.59. The van der Waals surface area contributed by atoms with E-state index in [1.165, 1.54) is 31.7 Å². The van der Waals surface area contributed by atoms with Gasteiger partial charge in [0, 0.05) is 6.54 Å². The highest BCUT2D eigenvalue weighted by Crippen LogP contribution is 2.28. The zero-order valence-electron chi connectivity index (χ0n) is 10.7. The van der Waals surface area contributed by atoms with Crippen LogP contribution >= 0.6 is 0 Å². The predicted molar refractivity (Wildman–Crippen MR) is 70.8 cm³/mol. The average molecular weight is 248 g/mol. The molecule has 0 unspecified atom stereocenters. The molecule has 0 saturated heterocycles. The van der Waals surface area contributed by atoms with Crippen molar-refractivity contribution in [2.24, 2.45) is 11.8 Å². The Bertz CT molecular complexity index is 412. The molecule has 1 aliphatic carbocycles. The Hall–Kier alpha value is -1.58. The summed E-state index contributed by atoms with van der Waals surface area (Å²) < 4.78 is 0. The number of carboxylic acid groups (broad SMARTS) is 1. The Morgan fingerprint density at radius 2 is 2.11 bits per heavy atom. The van der Waals surface area contributed by atoms with Crippen molar-refractivity contribution in [3.8, 4) is 0 Å². The van der Waals surface area contributed by atoms with Gasteiger partial charge in [-0.1, -0.05) is 25.8 Å². The number of aromatic carboxylic acids is 1. The Morgan fingerprint density at radius 1 is 1.39 bits per heavy atom. The third kappa shape index (κ3) is 3.45. The molecule has 1 aliphatic rings. The minimum Gasteiger partial charge on any atom is -0.477 e. The summed E-state index contributed by atoms with van der Waals surface area (Å²) in [7, 11) is 0. The van der Waals surface area contributed by atoms with Crippen LogP contribution in [0.25, 0.3) is 0 Å². The number of nitrogens with zero attached hydrogens (tertiary/aromatic N) is 1. The number of hydrogen-bond donors (Lipinski definition) is 2. The number of carboxylic acids is 1. The maximum absolute atomic E-state index is 10.8. The van der Waals surface area contributed by atoms with E-state index in [4.69, 9.17) is 5.11 Å². The molecule has 2 rings (SSSR count). The van der Waals surface area contributed by atoms with Gasteiger partial charge < -0.3 is 10.4 Å². The average Bonchev–Trinajstić information content (AvgIpc) is 2.38. The first-order valence-electron chi connectivity index (χ1n) is 6.59. The molecule has 2 N–H and O–H groups in total. The van der Waals surface area contributed by atoms with E-state index < -0.39 is 5.97 Å². The van der Waals surface area contributed by atoms with Gasteiger partial charge in [0.05, 0.1) is 0 Å². The molecule has 1 aromatic rings. The lowest BCUT2D eigenvalue weighted by atomic mass is 9.83. The summed E-state index contributed by atoms with van der Waals surface area (Å²) in [6.45, 7) is 3.20. The summed E-state index contributed by atoms with van der Waals surface area (Å²) >= 11 is 0. The number of rotatable bonds is 4. The van der Waals surface area contributed by atoms with E-state index in [1.807, 2.05) is 6.07 Å². The Morgan fingerprint density at radius 3 is 2.78 bits per heavy atom. The van der Waals surface area contributed by atoms with Crippen LogP contribution in [0.2, 0.25) is 0 Å². The lowest BCUT2D eigenvalue weighted by molar-refractivity contribution is 0.0690. The van der Waals surface area contributed by atoms with Crippen molar-refractivity contribution in [2.45, 2.75) is 32.6 Å². The smallest absolute Gasteiger partial charge is 0.354 e. The molecule has 0 atom stereocenters. The summed E-state index contributed by atoms with van der Waals surface area (Å²) in [4.78, 5) is 14.9. The van der Waals surface area contributed by atoms with Gasteiger partial charge in [-0.05, 0) is 36.8 Å². The minimum absolute atomic E-state index is 0.0947. The number of carbonyl (C=O) groups is 1. The van der Waals surface area contributed by atoms with E-state index in [0.29, 0.717) is 11.7 Å². The van der Waals surface area contributed by atoms with Gasteiger partial charge in [0.25, 0.3) is 0 Å². The summed E-state index contributed by atoms with van der Waals surface area (Å²) in [5.41, 5.74) is 0.0947. The van der Waals surface area contributed by atoms with Crippen molar-refractivity contribution >= 4 is 11.8 Å². The summed E-state index contributed by atoms with van der Waals surface area (Å²) in [5, 5.41) is 12.1. The Labute approximate surface area is 107 Å². The molecule has 0 aromatic carbocycles. The molecule has 1 aromatic heterocycles. The maximum atomic E-state index is 10.8. The van der Waals surface area contributed by atoms with Crippen LogP contribution in [0, 0.1) is 11.8 Å². The fourth-order valence-electron chi connectivity index (χ4n) is 2.43. The monoisotopic (exact) mass is 248 g/mol. The van der Waals surface area contributed by atoms with E-state index in [-0.39, 0.29) is 5.69 Å². The molecule has 0 radical (unpaired) electrons. The number of anilines is 1. The van der Waals surface area contributed by atoms with Gasteiger partial charge in [0.15, 0.2) is 5.69 Å². The zero-order chi connectivity index (χ0) is 13.0. The lowest BCUT2D eigenvalue weighted by Crippen LogP contribution is -2.20. The Kier molecular flexibility index (Phi) is 4.18. The van der Waals surface area contributed by atoms with Crippen LogP contribution in [0.5, 0.6) is 0 Å². The van der Waals surface area contributed by atoms with Crippen molar-refractivity contribution in [3.05, 3.63) is 23.9 Å². The van der Waals surface area contributed by atoms with E-state index in [2.05, 4.69) is 17.2 Å². The second-order valence-corrected chi connectivity index (χ2v) is 5.22. The predicted octanol–water partition coefficient (Wildman–Crippen LogP) is 3.02. The van der Waals surface area contributed by atoms with Crippen LogP contribution < -0.4 is 5.32 Å². The fourth-order valence-corrected chi connectivity index (χ4v) is 2.43.